The van der Waals surface area contributed by atoms with Crippen LogP contribution in [-0.2, 0) is 21.2 Å². The lowest BCUT2D eigenvalue weighted by molar-refractivity contribution is -0.121. The summed E-state index contributed by atoms with van der Waals surface area (Å²) in [6, 6.07) is 4.90. The van der Waals surface area contributed by atoms with E-state index in [1.165, 1.54) is 10.6 Å². The van der Waals surface area contributed by atoms with Crippen molar-refractivity contribution in [2.24, 2.45) is 0 Å². The fraction of sp³-hybridized carbons (Fsp3) is 0.500. The number of hydrogen-bond acceptors (Lipinski definition) is 3. The van der Waals surface area contributed by atoms with Gasteiger partial charge < -0.3 is 5.32 Å². The molecule has 0 aliphatic carbocycles. The number of piperidine rings is 1. The standard InChI is InChI=1S/C14H18Cl2N2O3S/c1-22(20,21)18-6-2-3-11(9-18)17-14(19)8-10-4-5-12(15)13(16)7-10/h4-5,7,11H,2-3,6,8-9H2,1H3,(H,17,19). The number of hydrogen-bond donors (Lipinski definition) is 1. The van der Waals surface area contributed by atoms with Crippen molar-refractivity contribution < 1.29 is 13.2 Å². The van der Waals surface area contributed by atoms with Crippen molar-refractivity contribution in [2.45, 2.75) is 25.3 Å². The molecular formula is C14H18Cl2N2O3S. The molecule has 1 aliphatic heterocycles. The van der Waals surface area contributed by atoms with Crippen molar-refractivity contribution in [3.8, 4) is 0 Å². The first kappa shape index (κ1) is 17.5. The van der Waals surface area contributed by atoms with E-state index in [9.17, 15) is 13.2 Å². The van der Waals surface area contributed by atoms with Gasteiger partial charge in [0.1, 0.15) is 0 Å². The Labute approximate surface area is 140 Å². The first-order chi connectivity index (χ1) is 10.3. The highest BCUT2D eigenvalue weighted by atomic mass is 35.5. The van der Waals surface area contributed by atoms with Crippen molar-refractivity contribution in [3.63, 3.8) is 0 Å². The summed E-state index contributed by atoms with van der Waals surface area (Å²) in [6.45, 7) is 0.837. The SMILES string of the molecule is CS(=O)(=O)N1CCCC(NC(=O)Cc2ccc(Cl)c(Cl)c2)C1. The summed E-state index contributed by atoms with van der Waals surface area (Å²) in [6.07, 6.45) is 2.89. The van der Waals surface area contributed by atoms with E-state index in [4.69, 9.17) is 23.2 Å². The lowest BCUT2D eigenvalue weighted by Crippen LogP contribution is -2.49. The maximum atomic E-state index is 12.1. The van der Waals surface area contributed by atoms with E-state index in [-0.39, 0.29) is 18.4 Å². The fourth-order valence-electron chi connectivity index (χ4n) is 2.48. The second-order valence-corrected chi connectivity index (χ2v) is 8.25. The minimum atomic E-state index is -3.21. The van der Waals surface area contributed by atoms with Crippen LogP contribution in [0.15, 0.2) is 18.2 Å². The average Bonchev–Trinajstić information content (AvgIpc) is 2.42. The molecule has 0 bridgehead atoms. The molecule has 1 unspecified atom stereocenters. The second-order valence-electron chi connectivity index (χ2n) is 5.45. The molecule has 1 N–H and O–H groups in total. The zero-order valence-electron chi connectivity index (χ0n) is 12.2. The first-order valence-electron chi connectivity index (χ1n) is 6.94. The van der Waals surface area contributed by atoms with E-state index in [0.29, 0.717) is 23.1 Å². The van der Waals surface area contributed by atoms with Crippen LogP contribution in [0.4, 0.5) is 0 Å². The molecule has 1 heterocycles. The smallest absolute Gasteiger partial charge is 0.224 e. The van der Waals surface area contributed by atoms with Gasteiger partial charge in [-0.15, -0.1) is 0 Å². The van der Waals surface area contributed by atoms with Crippen molar-refractivity contribution >= 4 is 39.1 Å². The zero-order chi connectivity index (χ0) is 16.3. The number of benzene rings is 1. The number of carbonyl (C=O) groups excluding carboxylic acids is 1. The van der Waals surface area contributed by atoms with Crippen LogP contribution in [-0.4, -0.2) is 44.0 Å². The minimum absolute atomic E-state index is 0.154. The van der Waals surface area contributed by atoms with Crippen molar-refractivity contribution in [1.82, 2.24) is 9.62 Å². The molecule has 1 aromatic rings. The Kier molecular flexibility index (Phi) is 5.71. The maximum Gasteiger partial charge on any atom is 0.224 e. The molecule has 2 rings (SSSR count). The average molecular weight is 365 g/mol. The molecule has 0 spiro atoms. The van der Waals surface area contributed by atoms with Crippen molar-refractivity contribution in [1.29, 1.82) is 0 Å². The molecule has 0 saturated carbocycles. The lowest BCUT2D eigenvalue weighted by Gasteiger charge is -2.31. The third-order valence-electron chi connectivity index (χ3n) is 3.57. The maximum absolute atomic E-state index is 12.1. The molecule has 0 radical (unpaired) electrons. The molecule has 1 saturated heterocycles. The topological polar surface area (TPSA) is 66.5 Å². The van der Waals surface area contributed by atoms with Gasteiger partial charge in [-0.25, -0.2) is 12.7 Å². The Hall–Kier alpha value is -0.820. The number of carbonyl (C=O) groups is 1. The van der Waals surface area contributed by atoms with Gasteiger partial charge in [0, 0.05) is 19.1 Å². The van der Waals surface area contributed by atoms with Crippen LogP contribution in [0.1, 0.15) is 18.4 Å². The number of halogens is 2. The number of sulfonamides is 1. The highest BCUT2D eigenvalue weighted by molar-refractivity contribution is 7.88. The summed E-state index contributed by atoms with van der Waals surface area (Å²) in [7, 11) is -3.21. The Morgan fingerprint density at radius 1 is 1.36 bits per heavy atom. The quantitative estimate of drug-likeness (QED) is 0.889. The van der Waals surface area contributed by atoms with Gasteiger partial charge in [-0.3, -0.25) is 4.79 Å². The Bertz CT molecular complexity index is 664. The van der Waals surface area contributed by atoms with Crippen LogP contribution in [0.5, 0.6) is 0 Å². The van der Waals surface area contributed by atoms with Crippen molar-refractivity contribution in [3.05, 3.63) is 33.8 Å². The molecule has 1 atom stereocenters. The Morgan fingerprint density at radius 2 is 2.09 bits per heavy atom. The highest BCUT2D eigenvalue weighted by Gasteiger charge is 2.26. The van der Waals surface area contributed by atoms with Crippen LogP contribution in [0.25, 0.3) is 0 Å². The van der Waals surface area contributed by atoms with Gasteiger partial charge in [0.25, 0.3) is 0 Å². The molecule has 1 aromatic carbocycles. The fourth-order valence-corrected chi connectivity index (χ4v) is 3.71. The molecule has 1 aliphatic rings. The van der Waals surface area contributed by atoms with Crippen LogP contribution >= 0.6 is 23.2 Å². The van der Waals surface area contributed by atoms with E-state index < -0.39 is 10.0 Å². The van der Waals surface area contributed by atoms with Gasteiger partial charge in [-0.1, -0.05) is 29.3 Å². The van der Waals surface area contributed by atoms with Crippen LogP contribution < -0.4 is 5.32 Å². The predicted octanol–water partition coefficient (Wildman–Crippen LogP) is 2.08. The Morgan fingerprint density at radius 3 is 2.73 bits per heavy atom. The van der Waals surface area contributed by atoms with E-state index in [1.807, 2.05) is 0 Å². The summed E-state index contributed by atoms with van der Waals surface area (Å²) in [5.41, 5.74) is 0.766. The van der Waals surface area contributed by atoms with Gasteiger partial charge in [-0.2, -0.15) is 0 Å². The van der Waals surface area contributed by atoms with Gasteiger partial charge in [0.05, 0.1) is 22.7 Å². The number of nitrogens with zero attached hydrogens (tertiary/aromatic N) is 1. The molecule has 22 heavy (non-hydrogen) atoms. The molecule has 1 amide bonds. The normalized spacial score (nSPS) is 19.9. The molecule has 5 nitrogen and oxygen atoms in total. The summed E-state index contributed by atoms with van der Waals surface area (Å²) in [4.78, 5) is 12.1. The zero-order valence-corrected chi connectivity index (χ0v) is 14.5. The van der Waals surface area contributed by atoms with E-state index in [0.717, 1.165) is 18.4 Å². The van der Waals surface area contributed by atoms with Crippen LogP contribution in [0, 0.1) is 0 Å². The molecule has 8 heteroatoms. The summed E-state index contributed by atoms with van der Waals surface area (Å²) >= 11 is 11.8. The Balaban J connectivity index is 1.92. The predicted molar refractivity (Wildman–Crippen MR) is 87.7 cm³/mol. The van der Waals surface area contributed by atoms with Gasteiger partial charge in [-0.05, 0) is 30.5 Å². The third-order valence-corrected chi connectivity index (χ3v) is 5.58. The third kappa shape index (κ3) is 4.84. The van der Waals surface area contributed by atoms with Gasteiger partial charge in [0.2, 0.25) is 15.9 Å². The molecule has 122 valence electrons. The van der Waals surface area contributed by atoms with Crippen LogP contribution in [0.3, 0.4) is 0 Å². The second kappa shape index (κ2) is 7.17. The molecule has 0 aromatic heterocycles. The van der Waals surface area contributed by atoms with E-state index in [2.05, 4.69) is 5.32 Å². The largest absolute Gasteiger partial charge is 0.352 e. The number of amides is 1. The van der Waals surface area contributed by atoms with Crippen LogP contribution in [0.2, 0.25) is 10.0 Å². The number of rotatable bonds is 4. The van der Waals surface area contributed by atoms with Gasteiger partial charge >= 0.3 is 0 Å². The van der Waals surface area contributed by atoms with E-state index in [1.54, 1.807) is 18.2 Å². The van der Waals surface area contributed by atoms with E-state index >= 15 is 0 Å². The lowest BCUT2D eigenvalue weighted by atomic mass is 10.1. The minimum Gasteiger partial charge on any atom is -0.352 e. The first-order valence-corrected chi connectivity index (χ1v) is 9.54. The molecule has 1 fully saturated rings. The summed E-state index contributed by atoms with van der Waals surface area (Å²) < 4.78 is 24.5. The van der Waals surface area contributed by atoms with Gasteiger partial charge in [0.15, 0.2) is 0 Å². The monoisotopic (exact) mass is 364 g/mol. The van der Waals surface area contributed by atoms with Crippen molar-refractivity contribution in [2.75, 3.05) is 19.3 Å². The number of nitrogens with one attached hydrogen (secondary N) is 1. The summed E-state index contributed by atoms with van der Waals surface area (Å²) in [5, 5.41) is 3.74. The molecular weight excluding hydrogens is 347 g/mol. The summed E-state index contributed by atoms with van der Waals surface area (Å²) in [5.74, 6) is -0.154. The highest BCUT2D eigenvalue weighted by Crippen LogP contribution is 2.22.